The molecule has 0 fully saturated rings. The van der Waals surface area contributed by atoms with Gasteiger partial charge in [0, 0.05) is 0 Å². The normalized spacial score (nSPS) is 10.4. The van der Waals surface area contributed by atoms with Crippen LogP contribution >= 0.6 is 11.6 Å². The smallest absolute Gasteiger partial charge is 0.119 e. The summed E-state index contributed by atoms with van der Waals surface area (Å²) in [7, 11) is 0. The fraction of sp³-hybridized carbons (Fsp3) is 0.273. The van der Waals surface area contributed by atoms with Gasteiger partial charge >= 0.3 is 0 Å². The molecular weight excluding hydrogens is 226 g/mol. The van der Waals surface area contributed by atoms with Crippen molar-refractivity contribution < 1.29 is 4.74 Å². The maximum absolute atomic E-state index is 5.66. The zero-order valence-corrected chi connectivity index (χ0v) is 9.68. The summed E-state index contributed by atoms with van der Waals surface area (Å²) in [5.41, 5.74) is 1.70. The van der Waals surface area contributed by atoms with Gasteiger partial charge in [-0.3, -0.25) is 0 Å². The molecule has 0 amide bonds. The molecule has 0 spiro atoms. The average molecular weight is 238 g/mol. The second-order valence-electron chi connectivity index (χ2n) is 3.21. The first-order valence-electron chi connectivity index (χ1n) is 5.04. The van der Waals surface area contributed by atoms with Crippen molar-refractivity contribution in [2.75, 3.05) is 6.61 Å². The molecule has 16 heavy (non-hydrogen) atoms. The molecule has 0 saturated heterocycles. The minimum absolute atomic E-state index is 0.372. The highest BCUT2D eigenvalue weighted by atomic mass is 35.5. The van der Waals surface area contributed by atoms with Gasteiger partial charge < -0.3 is 4.74 Å². The third kappa shape index (κ3) is 2.33. The molecular formula is C11H12ClN3O. The predicted octanol–water partition coefficient (Wildman–Crippen LogP) is 2.40. The van der Waals surface area contributed by atoms with Crippen LogP contribution in [0.2, 0.25) is 0 Å². The number of rotatable bonds is 4. The van der Waals surface area contributed by atoms with E-state index in [1.54, 1.807) is 4.68 Å². The number of aromatic nitrogens is 3. The highest BCUT2D eigenvalue weighted by molar-refractivity contribution is 6.16. The van der Waals surface area contributed by atoms with Crippen LogP contribution in [-0.4, -0.2) is 21.6 Å². The number of nitrogens with zero attached hydrogens (tertiary/aromatic N) is 3. The summed E-state index contributed by atoms with van der Waals surface area (Å²) in [6.45, 7) is 2.62. The van der Waals surface area contributed by atoms with Crippen LogP contribution in [0.3, 0.4) is 0 Å². The molecule has 2 aromatic rings. The van der Waals surface area contributed by atoms with Gasteiger partial charge in [0.15, 0.2) is 0 Å². The fourth-order valence-corrected chi connectivity index (χ4v) is 1.47. The standard InChI is InChI=1S/C11H12ClN3O/c1-2-16-11-5-3-10(4-6-11)15-8-9(7-12)13-14-15/h3-6,8H,2,7H2,1H3. The Morgan fingerprint density at radius 3 is 2.62 bits per heavy atom. The SMILES string of the molecule is CCOc1ccc(-n2cc(CCl)nn2)cc1. The quantitative estimate of drug-likeness (QED) is 0.767. The van der Waals surface area contributed by atoms with Gasteiger partial charge in [0.25, 0.3) is 0 Å². The maximum atomic E-state index is 5.66. The van der Waals surface area contributed by atoms with E-state index in [1.165, 1.54) is 0 Å². The van der Waals surface area contributed by atoms with Crippen LogP contribution in [0.25, 0.3) is 5.69 Å². The van der Waals surface area contributed by atoms with Crippen molar-refractivity contribution >= 4 is 11.6 Å². The maximum Gasteiger partial charge on any atom is 0.119 e. The second kappa shape index (κ2) is 4.99. The van der Waals surface area contributed by atoms with Crippen LogP contribution in [0.5, 0.6) is 5.75 Å². The van der Waals surface area contributed by atoms with E-state index in [9.17, 15) is 0 Å². The lowest BCUT2D eigenvalue weighted by molar-refractivity contribution is 0.340. The van der Waals surface area contributed by atoms with Gasteiger partial charge in [0.2, 0.25) is 0 Å². The first-order valence-corrected chi connectivity index (χ1v) is 5.57. The Kier molecular flexibility index (Phi) is 3.41. The van der Waals surface area contributed by atoms with Gasteiger partial charge in [-0.2, -0.15) is 0 Å². The lowest BCUT2D eigenvalue weighted by Crippen LogP contribution is -1.96. The van der Waals surface area contributed by atoms with Gasteiger partial charge in [-0.1, -0.05) is 5.21 Å². The monoisotopic (exact) mass is 237 g/mol. The van der Waals surface area contributed by atoms with E-state index in [0.717, 1.165) is 17.1 Å². The number of benzene rings is 1. The van der Waals surface area contributed by atoms with Crippen LogP contribution in [0.4, 0.5) is 0 Å². The van der Waals surface area contributed by atoms with E-state index in [4.69, 9.17) is 16.3 Å². The molecule has 0 bridgehead atoms. The van der Waals surface area contributed by atoms with Gasteiger partial charge in [-0.05, 0) is 31.2 Å². The lowest BCUT2D eigenvalue weighted by atomic mass is 10.3. The number of hydrogen-bond acceptors (Lipinski definition) is 3. The van der Waals surface area contributed by atoms with E-state index in [2.05, 4.69) is 10.3 Å². The minimum atomic E-state index is 0.372. The van der Waals surface area contributed by atoms with Crippen molar-refractivity contribution in [1.29, 1.82) is 0 Å². The molecule has 0 aliphatic rings. The summed E-state index contributed by atoms with van der Waals surface area (Å²) in [5, 5.41) is 7.89. The molecule has 2 rings (SSSR count). The number of alkyl halides is 1. The Morgan fingerprint density at radius 2 is 2.06 bits per heavy atom. The van der Waals surface area contributed by atoms with E-state index < -0.39 is 0 Å². The van der Waals surface area contributed by atoms with Crippen molar-refractivity contribution in [2.45, 2.75) is 12.8 Å². The molecule has 5 heteroatoms. The zero-order valence-electron chi connectivity index (χ0n) is 8.93. The number of halogens is 1. The molecule has 0 aliphatic carbocycles. The molecule has 0 N–H and O–H groups in total. The van der Waals surface area contributed by atoms with E-state index in [-0.39, 0.29) is 0 Å². The first kappa shape index (κ1) is 11.0. The molecule has 1 aromatic carbocycles. The van der Waals surface area contributed by atoms with Crippen molar-refractivity contribution in [3.05, 3.63) is 36.2 Å². The van der Waals surface area contributed by atoms with Gasteiger partial charge in [0.05, 0.1) is 30.1 Å². The third-order valence-corrected chi connectivity index (χ3v) is 2.36. The Morgan fingerprint density at radius 1 is 1.31 bits per heavy atom. The van der Waals surface area contributed by atoms with Crippen LogP contribution in [0.15, 0.2) is 30.5 Å². The topological polar surface area (TPSA) is 39.9 Å². The van der Waals surface area contributed by atoms with Crippen molar-refractivity contribution in [3.63, 3.8) is 0 Å². The molecule has 0 saturated carbocycles. The van der Waals surface area contributed by atoms with Gasteiger partial charge in [-0.25, -0.2) is 4.68 Å². The highest BCUT2D eigenvalue weighted by Crippen LogP contribution is 2.14. The van der Waals surface area contributed by atoms with Crippen molar-refractivity contribution in [1.82, 2.24) is 15.0 Å². The molecule has 0 radical (unpaired) electrons. The van der Waals surface area contributed by atoms with Crippen molar-refractivity contribution in [2.24, 2.45) is 0 Å². The Hall–Kier alpha value is -1.55. The van der Waals surface area contributed by atoms with Crippen molar-refractivity contribution in [3.8, 4) is 11.4 Å². The largest absolute Gasteiger partial charge is 0.494 e. The number of hydrogen-bond donors (Lipinski definition) is 0. The highest BCUT2D eigenvalue weighted by Gasteiger charge is 2.01. The molecule has 4 nitrogen and oxygen atoms in total. The molecule has 0 unspecified atom stereocenters. The summed E-state index contributed by atoms with van der Waals surface area (Å²) in [6.07, 6.45) is 1.81. The van der Waals surface area contributed by atoms with E-state index in [0.29, 0.717) is 12.5 Å². The van der Waals surface area contributed by atoms with Crippen LogP contribution in [0, 0.1) is 0 Å². The molecule has 0 aliphatic heterocycles. The Balaban J connectivity index is 2.20. The number of ether oxygens (including phenoxy) is 1. The van der Waals surface area contributed by atoms with Crippen LogP contribution in [0.1, 0.15) is 12.6 Å². The lowest BCUT2D eigenvalue weighted by Gasteiger charge is -2.04. The van der Waals surface area contributed by atoms with E-state index >= 15 is 0 Å². The fourth-order valence-electron chi connectivity index (χ4n) is 1.35. The summed E-state index contributed by atoms with van der Waals surface area (Å²) < 4.78 is 7.04. The minimum Gasteiger partial charge on any atom is -0.494 e. The first-order chi connectivity index (χ1) is 7.83. The predicted molar refractivity (Wildman–Crippen MR) is 62.1 cm³/mol. The Bertz CT molecular complexity index is 453. The molecule has 0 atom stereocenters. The van der Waals surface area contributed by atoms with E-state index in [1.807, 2.05) is 37.4 Å². The molecule has 1 heterocycles. The summed E-state index contributed by atoms with van der Waals surface area (Å²) in [6, 6.07) is 7.66. The average Bonchev–Trinajstić information content (AvgIpc) is 2.79. The summed E-state index contributed by atoms with van der Waals surface area (Å²) in [4.78, 5) is 0. The second-order valence-corrected chi connectivity index (χ2v) is 3.48. The third-order valence-electron chi connectivity index (χ3n) is 2.09. The molecule has 1 aromatic heterocycles. The zero-order chi connectivity index (χ0) is 11.4. The van der Waals surface area contributed by atoms with Gasteiger partial charge in [0.1, 0.15) is 5.75 Å². The molecule has 84 valence electrons. The summed E-state index contributed by atoms with van der Waals surface area (Å²) in [5.74, 6) is 1.22. The summed E-state index contributed by atoms with van der Waals surface area (Å²) >= 11 is 5.66. The van der Waals surface area contributed by atoms with Crippen LogP contribution in [-0.2, 0) is 5.88 Å². The van der Waals surface area contributed by atoms with Gasteiger partial charge in [-0.15, -0.1) is 16.7 Å². The Labute approximate surface area is 98.8 Å². The van der Waals surface area contributed by atoms with Crippen LogP contribution < -0.4 is 4.74 Å².